The van der Waals surface area contributed by atoms with E-state index in [0.717, 1.165) is 34.1 Å². The minimum Gasteiger partial charge on any atom is -0.385 e. The lowest BCUT2D eigenvalue weighted by Gasteiger charge is -2.11. The SMILES string of the molecule is COCCCNC(=O)c1cc(C)nc2c(C)cc(C)cc12. The van der Waals surface area contributed by atoms with E-state index in [9.17, 15) is 4.79 Å². The highest BCUT2D eigenvalue weighted by molar-refractivity contribution is 6.07. The van der Waals surface area contributed by atoms with Gasteiger partial charge in [0.05, 0.1) is 11.1 Å². The number of amides is 1. The molecule has 0 radical (unpaired) electrons. The first-order valence-corrected chi connectivity index (χ1v) is 7.18. The molecular weight excluding hydrogens is 264 g/mol. The van der Waals surface area contributed by atoms with Gasteiger partial charge in [0.15, 0.2) is 0 Å². The van der Waals surface area contributed by atoms with Gasteiger partial charge in [-0.1, -0.05) is 11.6 Å². The van der Waals surface area contributed by atoms with Crippen LogP contribution in [0, 0.1) is 20.8 Å². The van der Waals surface area contributed by atoms with Crippen LogP contribution in [-0.2, 0) is 4.74 Å². The van der Waals surface area contributed by atoms with Crippen LogP contribution in [0.1, 0.15) is 33.6 Å². The summed E-state index contributed by atoms with van der Waals surface area (Å²) in [4.78, 5) is 17.0. The van der Waals surface area contributed by atoms with Crippen molar-refractivity contribution in [1.82, 2.24) is 10.3 Å². The smallest absolute Gasteiger partial charge is 0.252 e. The van der Waals surface area contributed by atoms with Gasteiger partial charge in [-0.25, -0.2) is 0 Å². The van der Waals surface area contributed by atoms with Crippen molar-refractivity contribution in [3.63, 3.8) is 0 Å². The average Bonchev–Trinajstić information content (AvgIpc) is 2.43. The third-order valence-electron chi connectivity index (χ3n) is 3.43. The van der Waals surface area contributed by atoms with Gasteiger partial charge in [-0.2, -0.15) is 0 Å². The molecule has 2 rings (SSSR count). The van der Waals surface area contributed by atoms with Crippen molar-refractivity contribution in [1.29, 1.82) is 0 Å². The first-order valence-electron chi connectivity index (χ1n) is 7.18. The predicted octanol–water partition coefficient (Wildman–Crippen LogP) is 2.93. The Labute approximate surface area is 125 Å². The van der Waals surface area contributed by atoms with Gasteiger partial charge in [0.1, 0.15) is 0 Å². The minimum atomic E-state index is -0.0494. The molecule has 2 aromatic rings. The lowest BCUT2D eigenvalue weighted by Crippen LogP contribution is -2.25. The molecule has 1 heterocycles. The van der Waals surface area contributed by atoms with Crippen LogP contribution in [0.25, 0.3) is 10.9 Å². The number of carbonyl (C=O) groups excluding carboxylic acids is 1. The summed E-state index contributed by atoms with van der Waals surface area (Å²) in [6, 6.07) is 5.97. The molecule has 0 saturated carbocycles. The summed E-state index contributed by atoms with van der Waals surface area (Å²) in [7, 11) is 1.66. The monoisotopic (exact) mass is 286 g/mol. The van der Waals surface area contributed by atoms with Gasteiger partial charge in [-0.15, -0.1) is 0 Å². The molecule has 0 bridgehead atoms. The van der Waals surface area contributed by atoms with Crippen molar-refractivity contribution in [2.24, 2.45) is 0 Å². The van der Waals surface area contributed by atoms with Crippen LogP contribution in [0.5, 0.6) is 0 Å². The number of benzene rings is 1. The normalized spacial score (nSPS) is 10.9. The molecule has 0 saturated heterocycles. The van der Waals surface area contributed by atoms with Crippen molar-refractivity contribution in [3.8, 4) is 0 Å². The third-order valence-corrected chi connectivity index (χ3v) is 3.43. The highest BCUT2D eigenvalue weighted by atomic mass is 16.5. The van der Waals surface area contributed by atoms with Crippen LogP contribution in [0.15, 0.2) is 18.2 Å². The van der Waals surface area contributed by atoms with E-state index in [2.05, 4.69) is 16.4 Å². The molecule has 0 fully saturated rings. The number of hydrogen-bond acceptors (Lipinski definition) is 3. The van der Waals surface area contributed by atoms with Crippen molar-refractivity contribution >= 4 is 16.8 Å². The van der Waals surface area contributed by atoms with Crippen molar-refractivity contribution in [2.75, 3.05) is 20.3 Å². The second-order valence-electron chi connectivity index (χ2n) is 5.39. The molecule has 0 aliphatic heterocycles. The summed E-state index contributed by atoms with van der Waals surface area (Å²) >= 11 is 0. The second kappa shape index (κ2) is 6.68. The number of nitrogens with one attached hydrogen (secondary N) is 1. The molecule has 1 N–H and O–H groups in total. The van der Waals surface area contributed by atoms with Crippen molar-refractivity contribution in [2.45, 2.75) is 27.2 Å². The molecule has 21 heavy (non-hydrogen) atoms. The molecular formula is C17H22N2O2. The number of rotatable bonds is 5. The number of carbonyl (C=O) groups is 1. The highest BCUT2D eigenvalue weighted by Gasteiger charge is 2.13. The highest BCUT2D eigenvalue weighted by Crippen LogP contribution is 2.23. The maximum absolute atomic E-state index is 12.4. The maximum Gasteiger partial charge on any atom is 0.252 e. The summed E-state index contributed by atoms with van der Waals surface area (Å²) in [6.45, 7) is 7.24. The zero-order chi connectivity index (χ0) is 15.4. The Morgan fingerprint density at radius 1 is 1.24 bits per heavy atom. The van der Waals surface area contributed by atoms with E-state index < -0.39 is 0 Å². The molecule has 1 aromatic carbocycles. The first kappa shape index (κ1) is 15.4. The van der Waals surface area contributed by atoms with Gasteiger partial charge in [-0.3, -0.25) is 9.78 Å². The summed E-state index contributed by atoms with van der Waals surface area (Å²) in [5, 5.41) is 3.86. The van der Waals surface area contributed by atoms with Gasteiger partial charge in [0, 0.05) is 31.3 Å². The van der Waals surface area contributed by atoms with Crippen LogP contribution < -0.4 is 5.32 Å². The molecule has 0 atom stereocenters. The lowest BCUT2D eigenvalue weighted by atomic mass is 10.0. The molecule has 0 aliphatic carbocycles. The van der Waals surface area contributed by atoms with Crippen LogP contribution in [-0.4, -0.2) is 31.2 Å². The largest absolute Gasteiger partial charge is 0.385 e. The molecule has 1 aromatic heterocycles. The van der Waals surface area contributed by atoms with Gasteiger partial charge >= 0.3 is 0 Å². The molecule has 0 aliphatic rings. The van der Waals surface area contributed by atoms with E-state index in [1.165, 1.54) is 0 Å². The molecule has 0 spiro atoms. The van der Waals surface area contributed by atoms with E-state index in [1.54, 1.807) is 7.11 Å². The molecule has 4 heteroatoms. The second-order valence-corrected chi connectivity index (χ2v) is 5.39. The Hall–Kier alpha value is -1.94. The fraction of sp³-hybridized carbons (Fsp3) is 0.412. The van der Waals surface area contributed by atoms with E-state index in [1.807, 2.05) is 32.9 Å². The van der Waals surface area contributed by atoms with Gasteiger partial charge in [-0.05, 0) is 44.9 Å². The number of aromatic nitrogens is 1. The van der Waals surface area contributed by atoms with E-state index in [-0.39, 0.29) is 5.91 Å². The van der Waals surface area contributed by atoms with E-state index in [4.69, 9.17) is 4.74 Å². The van der Waals surface area contributed by atoms with Crippen LogP contribution in [0.2, 0.25) is 0 Å². The fourth-order valence-corrected chi connectivity index (χ4v) is 2.51. The van der Waals surface area contributed by atoms with Crippen LogP contribution >= 0.6 is 0 Å². The molecule has 1 amide bonds. The van der Waals surface area contributed by atoms with Crippen molar-refractivity contribution in [3.05, 3.63) is 40.6 Å². The van der Waals surface area contributed by atoms with Gasteiger partial charge in [0.25, 0.3) is 5.91 Å². The molecule has 0 unspecified atom stereocenters. The summed E-state index contributed by atoms with van der Waals surface area (Å²) in [5.41, 5.74) is 4.70. The number of methoxy groups -OCH3 is 1. The average molecular weight is 286 g/mol. The number of aryl methyl sites for hydroxylation is 3. The number of ether oxygens (including phenoxy) is 1. The van der Waals surface area contributed by atoms with Crippen molar-refractivity contribution < 1.29 is 9.53 Å². The van der Waals surface area contributed by atoms with E-state index in [0.29, 0.717) is 18.7 Å². The zero-order valence-corrected chi connectivity index (χ0v) is 13.1. The molecule has 112 valence electrons. The topological polar surface area (TPSA) is 51.2 Å². The summed E-state index contributed by atoms with van der Waals surface area (Å²) in [6.07, 6.45) is 0.808. The maximum atomic E-state index is 12.4. The Kier molecular flexibility index (Phi) is 4.91. The third kappa shape index (κ3) is 3.58. The number of nitrogens with zero attached hydrogens (tertiary/aromatic N) is 1. The number of fused-ring (bicyclic) bond motifs is 1. The van der Waals surface area contributed by atoms with Crippen LogP contribution in [0.4, 0.5) is 0 Å². The zero-order valence-electron chi connectivity index (χ0n) is 13.1. The standard InChI is InChI=1S/C17H22N2O2/c1-11-8-12(2)16-14(9-11)15(10-13(3)19-16)17(20)18-6-5-7-21-4/h8-10H,5-7H2,1-4H3,(H,18,20). The minimum absolute atomic E-state index is 0.0494. The van der Waals surface area contributed by atoms with Gasteiger partial charge in [0.2, 0.25) is 0 Å². The predicted molar refractivity (Wildman–Crippen MR) is 84.8 cm³/mol. The fourth-order valence-electron chi connectivity index (χ4n) is 2.51. The Balaban J connectivity index is 2.36. The van der Waals surface area contributed by atoms with Crippen LogP contribution in [0.3, 0.4) is 0 Å². The lowest BCUT2D eigenvalue weighted by molar-refractivity contribution is 0.0950. The Bertz CT molecular complexity index is 665. The number of pyridine rings is 1. The summed E-state index contributed by atoms with van der Waals surface area (Å²) < 4.78 is 4.99. The summed E-state index contributed by atoms with van der Waals surface area (Å²) in [5.74, 6) is -0.0494. The number of hydrogen-bond donors (Lipinski definition) is 1. The first-order chi connectivity index (χ1) is 10.0. The quantitative estimate of drug-likeness (QED) is 0.860. The Morgan fingerprint density at radius 3 is 2.71 bits per heavy atom. The molecule has 4 nitrogen and oxygen atoms in total. The van der Waals surface area contributed by atoms with E-state index >= 15 is 0 Å². The Morgan fingerprint density at radius 2 is 2.00 bits per heavy atom. The van der Waals surface area contributed by atoms with Gasteiger partial charge < -0.3 is 10.1 Å².